The van der Waals surface area contributed by atoms with Crippen LogP contribution in [0.2, 0.25) is 0 Å². The SMILES string of the molecule is CCC[C@H]1CO[C@H]([C@H]2CC[C@H](Br)CC2)OC1. The molecule has 1 saturated heterocycles. The molecule has 2 aliphatic rings. The van der Waals surface area contributed by atoms with Gasteiger partial charge in [0.25, 0.3) is 0 Å². The monoisotopic (exact) mass is 290 g/mol. The van der Waals surface area contributed by atoms with E-state index < -0.39 is 0 Å². The summed E-state index contributed by atoms with van der Waals surface area (Å²) < 4.78 is 11.8. The average Bonchev–Trinajstić information content (AvgIpc) is 2.32. The molecule has 2 rings (SSSR count). The lowest BCUT2D eigenvalue weighted by Crippen LogP contribution is -2.38. The van der Waals surface area contributed by atoms with E-state index in [2.05, 4.69) is 22.9 Å². The Morgan fingerprint density at radius 2 is 1.69 bits per heavy atom. The molecule has 2 nitrogen and oxygen atoms in total. The largest absolute Gasteiger partial charge is 0.352 e. The van der Waals surface area contributed by atoms with Crippen molar-refractivity contribution in [3.8, 4) is 0 Å². The Morgan fingerprint density at radius 1 is 1.06 bits per heavy atom. The zero-order valence-electron chi connectivity index (χ0n) is 10.2. The van der Waals surface area contributed by atoms with Crippen LogP contribution in [0.4, 0.5) is 0 Å². The number of rotatable bonds is 3. The van der Waals surface area contributed by atoms with E-state index in [0.717, 1.165) is 18.0 Å². The van der Waals surface area contributed by atoms with Gasteiger partial charge in [-0.2, -0.15) is 0 Å². The quantitative estimate of drug-likeness (QED) is 0.738. The van der Waals surface area contributed by atoms with Crippen molar-refractivity contribution < 1.29 is 9.47 Å². The van der Waals surface area contributed by atoms with Gasteiger partial charge < -0.3 is 9.47 Å². The molecule has 0 aromatic carbocycles. The van der Waals surface area contributed by atoms with Crippen molar-refractivity contribution in [2.24, 2.45) is 11.8 Å². The summed E-state index contributed by atoms with van der Waals surface area (Å²) in [6, 6.07) is 0. The predicted octanol–water partition coefficient (Wildman–Crippen LogP) is 3.73. The zero-order chi connectivity index (χ0) is 11.4. The third kappa shape index (κ3) is 3.44. The van der Waals surface area contributed by atoms with Gasteiger partial charge in [0.15, 0.2) is 6.29 Å². The van der Waals surface area contributed by atoms with Crippen LogP contribution in [0.3, 0.4) is 0 Å². The number of ether oxygens (including phenoxy) is 2. The van der Waals surface area contributed by atoms with Gasteiger partial charge in [-0.15, -0.1) is 0 Å². The van der Waals surface area contributed by atoms with E-state index in [4.69, 9.17) is 9.47 Å². The maximum Gasteiger partial charge on any atom is 0.160 e. The smallest absolute Gasteiger partial charge is 0.160 e. The molecule has 0 N–H and O–H groups in total. The Labute approximate surface area is 107 Å². The van der Waals surface area contributed by atoms with E-state index >= 15 is 0 Å². The highest BCUT2D eigenvalue weighted by Gasteiger charge is 2.31. The fraction of sp³-hybridized carbons (Fsp3) is 1.00. The highest BCUT2D eigenvalue weighted by atomic mass is 79.9. The van der Waals surface area contributed by atoms with Crippen molar-refractivity contribution in [3.05, 3.63) is 0 Å². The van der Waals surface area contributed by atoms with Crippen LogP contribution in [0.25, 0.3) is 0 Å². The van der Waals surface area contributed by atoms with Gasteiger partial charge in [0.05, 0.1) is 13.2 Å². The summed E-state index contributed by atoms with van der Waals surface area (Å²) in [5.74, 6) is 1.27. The Kier molecular flexibility index (Phi) is 5.11. The summed E-state index contributed by atoms with van der Waals surface area (Å²) in [6.07, 6.45) is 7.60. The zero-order valence-corrected chi connectivity index (χ0v) is 11.7. The van der Waals surface area contributed by atoms with Crippen LogP contribution in [-0.4, -0.2) is 24.3 Å². The van der Waals surface area contributed by atoms with E-state index in [1.165, 1.54) is 38.5 Å². The summed E-state index contributed by atoms with van der Waals surface area (Å²) in [7, 11) is 0. The lowest BCUT2D eigenvalue weighted by molar-refractivity contribution is -0.228. The minimum absolute atomic E-state index is 0.0908. The lowest BCUT2D eigenvalue weighted by atomic mass is 9.88. The van der Waals surface area contributed by atoms with E-state index in [0.29, 0.717) is 11.8 Å². The third-order valence-electron chi connectivity index (χ3n) is 3.78. The summed E-state index contributed by atoms with van der Waals surface area (Å²) >= 11 is 3.69. The van der Waals surface area contributed by atoms with Crippen LogP contribution in [0.5, 0.6) is 0 Å². The second kappa shape index (κ2) is 6.36. The van der Waals surface area contributed by atoms with E-state index in [9.17, 15) is 0 Å². The van der Waals surface area contributed by atoms with Crippen molar-refractivity contribution in [3.63, 3.8) is 0 Å². The van der Waals surface area contributed by atoms with Gasteiger partial charge in [-0.25, -0.2) is 0 Å². The normalized spacial score (nSPS) is 40.9. The van der Waals surface area contributed by atoms with Crippen LogP contribution < -0.4 is 0 Å². The van der Waals surface area contributed by atoms with Gasteiger partial charge >= 0.3 is 0 Å². The number of hydrogen-bond acceptors (Lipinski definition) is 2. The first-order chi connectivity index (χ1) is 7.79. The molecule has 0 unspecified atom stereocenters. The third-order valence-corrected chi connectivity index (χ3v) is 4.69. The lowest BCUT2D eigenvalue weighted by Gasteiger charge is -2.36. The molecular weight excluding hydrogens is 268 g/mol. The second-order valence-electron chi connectivity index (χ2n) is 5.20. The van der Waals surface area contributed by atoms with E-state index in [-0.39, 0.29) is 6.29 Å². The summed E-state index contributed by atoms with van der Waals surface area (Å²) in [5.41, 5.74) is 0. The molecule has 0 amide bonds. The standard InChI is InChI=1S/C13H23BrO2/c1-2-3-10-8-15-13(16-9-10)11-4-6-12(14)7-5-11/h10-13H,2-9H2,1H3/t10-,11-,12-,13-. The molecule has 0 aromatic rings. The van der Waals surface area contributed by atoms with Crippen molar-refractivity contribution >= 4 is 15.9 Å². The van der Waals surface area contributed by atoms with Gasteiger partial charge in [0, 0.05) is 16.7 Å². The molecule has 1 aliphatic heterocycles. The first-order valence-corrected chi connectivity index (χ1v) is 7.58. The fourth-order valence-electron chi connectivity index (χ4n) is 2.76. The molecule has 0 atom stereocenters. The van der Waals surface area contributed by atoms with Gasteiger partial charge in [-0.3, -0.25) is 0 Å². The number of hydrogen-bond donors (Lipinski definition) is 0. The van der Waals surface area contributed by atoms with Crippen LogP contribution in [-0.2, 0) is 9.47 Å². The van der Waals surface area contributed by atoms with Crippen molar-refractivity contribution in [1.82, 2.24) is 0 Å². The first kappa shape index (κ1) is 12.8. The molecule has 1 saturated carbocycles. The number of alkyl halides is 1. The van der Waals surface area contributed by atoms with Crippen molar-refractivity contribution in [2.75, 3.05) is 13.2 Å². The summed E-state index contributed by atoms with van der Waals surface area (Å²) in [4.78, 5) is 0.722. The Hall–Kier alpha value is 0.400. The minimum Gasteiger partial charge on any atom is -0.352 e. The van der Waals surface area contributed by atoms with E-state index in [1.807, 2.05) is 0 Å². The molecule has 3 heteroatoms. The average molecular weight is 291 g/mol. The topological polar surface area (TPSA) is 18.5 Å². The molecule has 0 radical (unpaired) electrons. The summed E-state index contributed by atoms with van der Waals surface area (Å²) in [6.45, 7) is 4.04. The van der Waals surface area contributed by atoms with Crippen molar-refractivity contribution in [2.45, 2.75) is 56.6 Å². The van der Waals surface area contributed by atoms with E-state index in [1.54, 1.807) is 0 Å². The molecule has 16 heavy (non-hydrogen) atoms. The fourth-order valence-corrected chi connectivity index (χ4v) is 3.28. The molecular formula is C13H23BrO2. The van der Waals surface area contributed by atoms with Gasteiger partial charge in [0.2, 0.25) is 0 Å². The van der Waals surface area contributed by atoms with Crippen LogP contribution >= 0.6 is 15.9 Å². The highest BCUT2D eigenvalue weighted by Crippen LogP contribution is 2.34. The van der Waals surface area contributed by atoms with Gasteiger partial charge in [-0.1, -0.05) is 29.3 Å². The Morgan fingerprint density at radius 3 is 2.25 bits per heavy atom. The van der Waals surface area contributed by atoms with Crippen LogP contribution in [0, 0.1) is 11.8 Å². The molecule has 1 heterocycles. The maximum atomic E-state index is 5.88. The molecule has 0 bridgehead atoms. The highest BCUT2D eigenvalue weighted by molar-refractivity contribution is 9.09. The second-order valence-corrected chi connectivity index (χ2v) is 6.50. The molecule has 1 aliphatic carbocycles. The Bertz CT molecular complexity index is 194. The molecule has 0 aromatic heterocycles. The molecule has 0 spiro atoms. The Balaban J connectivity index is 1.72. The molecule has 2 fully saturated rings. The number of halogens is 1. The van der Waals surface area contributed by atoms with Crippen molar-refractivity contribution in [1.29, 1.82) is 0 Å². The van der Waals surface area contributed by atoms with Gasteiger partial charge in [-0.05, 0) is 32.1 Å². The van der Waals surface area contributed by atoms with Gasteiger partial charge in [0.1, 0.15) is 0 Å². The minimum atomic E-state index is 0.0908. The summed E-state index contributed by atoms with van der Waals surface area (Å²) in [5, 5.41) is 0. The predicted molar refractivity (Wildman–Crippen MR) is 68.8 cm³/mol. The van der Waals surface area contributed by atoms with Crippen LogP contribution in [0.1, 0.15) is 45.4 Å². The first-order valence-electron chi connectivity index (χ1n) is 6.67. The maximum absolute atomic E-state index is 5.88. The molecule has 94 valence electrons. The van der Waals surface area contributed by atoms with Crippen LogP contribution in [0.15, 0.2) is 0 Å².